The Morgan fingerprint density at radius 3 is 3.00 bits per heavy atom. The zero-order chi connectivity index (χ0) is 8.39. The Bertz CT molecular complexity index is 382. The minimum atomic E-state index is 0.610. The summed E-state index contributed by atoms with van der Waals surface area (Å²) in [7, 11) is 0. The summed E-state index contributed by atoms with van der Waals surface area (Å²) in [6, 6.07) is 3.95. The van der Waals surface area contributed by atoms with Crippen LogP contribution in [0.25, 0.3) is 0 Å². The van der Waals surface area contributed by atoms with Crippen LogP contribution in [0.5, 0.6) is 0 Å². The van der Waals surface area contributed by atoms with E-state index >= 15 is 0 Å². The highest BCUT2D eigenvalue weighted by Gasteiger charge is 2.17. The summed E-state index contributed by atoms with van der Waals surface area (Å²) >= 11 is 1.55. The highest BCUT2D eigenvalue weighted by molar-refractivity contribution is 7.10. The van der Waals surface area contributed by atoms with Gasteiger partial charge in [0.05, 0.1) is 10.4 Å². The number of rotatable bonds is 0. The summed E-state index contributed by atoms with van der Waals surface area (Å²) in [5.41, 5.74) is 0.716. The highest BCUT2D eigenvalue weighted by Crippen LogP contribution is 2.28. The van der Waals surface area contributed by atoms with E-state index < -0.39 is 0 Å². The molecule has 1 saturated carbocycles. The van der Waals surface area contributed by atoms with Crippen molar-refractivity contribution in [2.45, 2.75) is 12.8 Å². The SMILES string of the molecule is N#Cc1ccsc1C#CC1CC1. The van der Waals surface area contributed by atoms with Gasteiger partial charge < -0.3 is 0 Å². The molecule has 1 fully saturated rings. The van der Waals surface area contributed by atoms with Gasteiger partial charge in [-0.2, -0.15) is 5.26 Å². The molecule has 0 unspecified atom stereocenters. The van der Waals surface area contributed by atoms with Gasteiger partial charge in [0, 0.05) is 5.92 Å². The number of hydrogen-bond acceptors (Lipinski definition) is 2. The fourth-order valence-corrected chi connectivity index (χ4v) is 1.59. The van der Waals surface area contributed by atoms with E-state index in [-0.39, 0.29) is 0 Å². The van der Waals surface area contributed by atoms with Crippen LogP contribution in [-0.2, 0) is 0 Å². The lowest BCUT2D eigenvalue weighted by atomic mass is 10.3. The summed E-state index contributed by atoms with van der Waals surface area (Å²) < 4.78 is 0. The Morgan fingerprint density at radius 1 is 1.50 bits per heavy atom. The summed E-state index contributed by atoms with van der Waals surface area (Å²) in [5, 5.41) is 10.6. The first-order chi connectivity index (χ1) is 5.90. The molecule has 1 aliphatic rings. The van der Waals surface area contributed by atoms with Crippen molar-refractivity contribution in [3.63, 3.8) is 0 Å². The minimum absolute atomic E-state index is 0.610. The Kier molecular flexibility index (Phi) is 1.86. The average molecular weight is 173 g/mol. The number of nitriles is 1. The Morgan fingerprint density at radius 2 is 2.33 bits per heavy atom. The molecular formula is C10H7NS. The number of hydrogen-bond donors (Lipinski definition) is 0. The van der Waals surface area contributed by atoms with Gasteiger partial charge in [0.1, 0.15) is 6.07 Å². The van der Waals surface area contributed by atoms with Crippen molar-refractivity contribution in [1.29, 1.82) is 5.26 Å². The molecule has 0 amide bonds. The second kappa shape index (κ2) is 3.01. The molecule has 1 aromatic rings. The van der Waals surface area contributed by atoms with Gasteiger partial charge in [-0.15, -0.1) is 11.3 Å². The molecular weight excluding hydrogens is 166 g/mol. The van der Waals surface area contributed by atoms with Crippen molar-refractivity contribution < 1.29 is 0 Å². The van der Waals surface area contributed by atoms with E-state index in [0.717, 1.165) is 4.88 Å². The molecule has 0 saturated heterocycles. The topological polar surface area (TPSA) is 23.8 Å². The standard InChI is InChI=1S/C10H7NS/c11-7-9-5-6-12-10(9)4-3-8-1-2-8/h5-6,8H,1-2H2. The number of thiophene rings is 1. The van der Waals surface area contributed by atoms with Crippen molar-refractivity contribution in [3.05, 3.63) is 21.9 Å². The first kappa shape index (κ1) is 7.40. The summed E-state index contributed by atoms with van der Waals surface area (Å²) in [6.07, 6.45) is 2.47. The normalized spacial score (nSPS) is 14.6. The van der Waals surface area contributed by atoms with Crippen LogP contribution in [0.2, 0.25) is 0 Å². The molecule has 1 nitrogen and oxygen atoms in total. The van der Waals surface area contributed by atoms with Crippen LogP contribution < -0.4 is 0 Å². The van der Waals surface area contributed by atoms with Crippen molar-refractivity contribution in [2.75, 3.05) is 0 Å². The third-order valence-electron chi connectivity index (χ3n) is 1.75. The van der Waals surface area contributed by atoms with Gasteiger partial charge in [-0.05, 0) is 24.3 Å². The lowest BCUT2D eigenvalue weighted by molar-refractivity contribution is 1.18. The van der Waals surface area contributed by atoms with Gasteiger partial charge in [0.15, 0.2) is 0 Å². The van der Waals surface area contributed by atoms with Gasteiger partial charge in [-0.1, -0.05) is 11.8 Å². The first-order valence-electron chi connectivity index (χ1n) is 3.89. The van der Waals surface area contributed by atoms with Crippen molar-refractivity contribution in [1.82, 2.24) is 0 Å². The van der Waals surface area contributed by atoms with Gasteiger partial charge in [0.2, 0.25) is 0 Å². The second-order valence-corrected chi connectivity index (χ2v) is 3.73. The quantitative estimate of drug-likeness (QED) is 0.552. The predicted molar refractivity (Wildman–Crippen MR) is 48.6 cm³/mol. The smallest absolute Gasteiger partial charge is 0.101 e. The zero-order valence-corrected chi connectivity index (χ0v) is 7.32. The summed E-state index contributed by atoms with van der Waals surface area (Å²) in [4.78, 5) is 0.921. The molecule has 0 bridgehead atoms. The third-order valence-corrected chi connectivity index (χ3v) is 2.58. The fourth-order valence-electron chi connectivity index (χ4n) is 0.889. The molecule has 0 radical (unpaired) electrons. The van der Waals surface area contributed by atoms with E-state index in [1.165, 1.54) is 12.8 Å². The Labute approximate surface area is 75.6 Å². The van der Waals surface area contributed by atoms with Crippen molar-refractivity contribution >= 4 is 11.3 Å². The maximum absolute atomic E-state index is 8.68. The monoisotopic (exact) mass is 173 g/mol. The average Bonchev–Trinajstić information content (AvgIpc) is 2.81. The predicted octanol–water partition coefficient (Wildman–Crippen LogP) is 2.38. The molecule has 2 rings (SSSR count). The van der Waals surface area contributed by atoms with E-state index in [9.17, 15) is 0 Å². The van der Waals surface area contributed by atoms with E-state index in [1.54, 1.807) is 11.3 Å². The molecule has 0 atom stereocenters. The van der Waals surface area contributed by atoms with Gasteiger partial charge in [-0.3, -0.25) is 0 Å². The van der Waals surface area contributed by atoms with Crippen LogP contribution >= 0.6 is 11.3 Å². The molecule has 1 aliphatic carbocycles. The largest absolute Gasteiger partial charge is 0.192 e. The summed E-state index contributed by atoms with van der Waals surface area (Å²) in [5.74, 6) is 6.80. The van der Waals surface area contributed by atoms with Crippen LogP contribution in [0.3, 0.4) is 0 Å². The van der Waals surface area contributed by atoms with E-state index in [0.29, 0.717) is 11.5 Å². The molecule has 0 aliphatic heterocycles. The summed E-state index contributed by atoms with van der Waals surface area (Å²) in [6.45, 7) is 0. The van der Waals surface area contributed by atoms with Crippen LogP contribution in [0.4, 0.5) is 0 Å². The Hall–Kier alpha value is -1.25. The van der Waals surface area contributed by atoms with Gasteiger partial charge >= 0.3 is 0 Å². The number of nitrogens with zero attached hydrogens (tertiary/aromatic N) is 1. The molecule has 2 heteroatoms. The van der Waals surface area contributed by atoms with Crippen LogP contribution in [-0.4, -0.2) is 0 Å². The molecule has 58 valence electrons. The lowest BCUT2D eigenvalue weighted by Gasteiger charge is -1.80. The third kappa shape index (κ3) is 1.49. The van der Waals surface area contributed by atoms with Gasteiger partial charge in [-0.25, -0.2) is 0 Å². The fraction of sp³-hybridized carbons (Fsp3) is 0.300. The van der Waals surface area contributed by atoms with E-state index in [4.69, 9.17) is 5.26 Å². The molecule has 1 heterocycles. The van der Waals surface area contributed by atoms with Crippen LogP contribution in [0, 0.1) is 29.1 Å². The van der Waals surface area contributed by atoms with Crippen LogP contribution in [0.15, 0.2) is 11.4 Å². The maximum Gasteiger partial charge on any atom is 0.101 e. The second-order valence-electron chi connectivity index (χ2n) is 2.82. The van der Waals surface area contributed by atoms with Crippen LogP contribution in [0.1, 0.15) is 23.3 Å². The highest BCUT2D eigenvalue weighted by atomic mass is 32.1. The van der Waals surface area contributed by atoms with Crippen molar-refractivity contribution in [2.24, 2.45) is 5.92 Å². The molecule has 1 aromatic heterocycles. The van der Waals surface area contributed by atoms with Gasteiger partial charge in [0.25, 0.3) is 0 Å². The molecule has 0 spiro atoms. The zero-order valence-electron chi connectivity index (χ0n) is 6.50. The molecule has 0 N–H and O–H groups in total. The minimum Gasteiger partial charge on any atom is -0.192 e. The Balaban J connectivity index is 2.23. The van der Waals surface area contributed by atoms with Crippen molar-refractivity contribution in [3.8, 4) is 17.9 Å². The lowest BCUT2D eigenvalue weighted by Crippen LogP contribution is -1.72. The molecule has 0 aromatic carbocycles. The van der Waals surface area contributed by atoms with E-state index in [1.807, 2.05) is 11.4 Å². The molecule has 12 heavy (non-hydrogen) atoms. The first-order valence-corrected chi connectivity index (χ1v) is 4.77. The maximum atomic E-state index is 8.68. The van der Waals surface area contributed by atoms with E-state index in [2.05, 4.69) is 17.9 Å².